The van der Waals surface area contributed by atoms with Crippen molar-refractivity contribution in [1.29, 1.82) is 0 Å². The Morgan fingerprint density at radius 2 is 1.81 bits per heavy atom. The average molecular weight is 407 g/mol. The van der Waals surface area contributed by atoms with Crippen LogP contribution < -0.4 is 10.1 Å². The van der Waals surface area contributed by atoms with Crippen molar-refractivity contribution in [3.05, 3.63) is 58.1 Å². The highest BCUT2D eigenvalue weighted by molar-refractivity contribution is 6.35. The lowest BCUT2D eigenvalue weighted by atomic mass is 10.1. The number of hydrogen-bond donors (Lipinski definition) is 1. The molecule has 1 aliphatic rings. The number of nitrogens with one attached hydrogen (secondary N) is 1. The minimum atomic E-state index is -0.807. The molecular formula is C20H20Cl2N2O3. The van der Waals surface area contributed by atoms with Crippen LogP contribution in [0.2, 0.25) is 10.0 Å². The third-order valence-corrected chi connectivity index (χ3v) is 4.91. The van der Waals surface area contributed by atoms with Crippen LogP contribution in [0.4, 0.5) is 5.69 Å². The number of amides is 2. The standard InChI is InChI=1S/C20H20Cl2N2O3/c1-13(27-18-9-8-14(21)12-16(18)22)19(25)23-17-7-3-2-6-15(17)20(26)24-10-4-5-11-24/h2-3,6-9,12-13H,4-5,10-11H2,1H3,(H,23,25)/t13-/m0/s1. The van der Waals surface area contributed by atoms with Gasteiger partial charge in [0.2, 0.25) is 0 Å². The molecular weight excluding hydrogens is 387 g/mol. The number of benzene rings is 2. The Hall–Kier alpha value is -2.24. The van der Waals surface area contributed by atoms with E-state index in [-0.39, 0.29) is 11.8 Å². The van der Waals surface area contributed by atoms with E-state index in [1.807, 2.05) is 0 Å². The molecule has 0 aliphatic carbocycles. The summed E-state index contributed by atoms with van der Waals surface area (Å²) in [5, 5.41) is 3.60. The molecule has 0 spiro atoms. The molecule has 1 N–H and O–H groups in total. The highest BCUT2D eigenvalue weighted by Gasteiger charge is 2.23. The summed E-state index contributed by atoms with van der Waals surface area (Å²) in [7, 11) is 0. The third-order valence-electron chi connectivity index (χ3n) is 4.38. The Kier molecular flexibility index (Phi) is 6.24. The minimum Gasteiger partial charge on any atom is -0.479 e. The van der Waals surface area contributed by atoms with Crippen molar-refractivity contribution in [2.75, 3.05) is 18.4 Å². The number of likely N-dealkylation sites (tertiary alicyclic amines) is 1. The van der Waals surface area contributed by atoms with Gasteiger partial charge >= 0.3 is 0 Å². The maximum absolute atomic E-state index is 12.7. The van der Waals surface area contributed by atoms with Crippen molar-refractivity contribution < 1.29 is 14.3 Å². The SMILES string of the molecule is C[C@H](Oc1ccc(Cl)cc1Cl)C(=O)Nc1ccccc1C(=O)N1CCCC1. The van der Waals surface area contributed by atoms with Crippen LogP contribution in [0, 0.1) is 0 Å². The van der Waals surface area contributed by atoms with Crippen LogP contribution in [0.3, 0.4) is 0 Å². The van der Waals surface area contributed by atoms with Crippen LogP contribution in [-0.4, -0.2) is 35.9 Å². The largest absolute Gasteiger partial charge is 0.479 e. The van der Waals surface area contributed by atoms with Crippen LogP contribution in [0.5, 0.6) is 5.75 Å². The van der Waals surface area contributed by atoms with E-state index in [0.717, 1.165) is 25.9 Å². The zero-order valence-corrected chi connectivity index (χ0v) is 16.4. The monoisotopic (exact) mass is 406 g/mol. The number of ether oxygens (including phenoxy) is 1. The van der Waals surface area contributed by atoms with Gasteiger partial charge in [-0.05, 0) is 50.1 Å². The third kappa shape index (κ3) is 4.73. The summed E-state index contributed by atoms with van der Waals surface area (Å²) in [6, 6.07) is 11.8. The summed E-state index contributed by atoms with van der Waals surface area (Å²) in [5.41, 5.74) is 0.946. The van der Waals surface area contributed by atoms with Crippen molar-refractivity contribution in [2.45, 2.75) is 25.9 Å². The molecule has 1 aliphatic heterocycles. The summed E-state index contributed by atoms with van der Waals surface area (Å²) in [6.45, 7) is 3.11. The number of anilines is 1. The van der Waals surface area contributed by atoms with Crippen LogP contribution in [0.1, 0.15) is 30.1 Å². The topological polar surface area (TPSA) is 58.6 Å². The molecule has 2 aromatic rings. The zero-order valence-electron chi connectivity index (χ0n) is 14.9. The second kappa shape index (κ2) is 8.63. The molecule has 2 aromatic carbocycles. The molecule has 5 nitrogen and oxygen atoms in total. The first-order valence-corrected chi connectivity index (χ1v) is 9.52. The Bertz CT molecular complexity index is 851. The lowest BCUT2D eigenvalue weighted by Gasteiger charge is -2.19. The molecule has 27 heavy (non-hydrogen) atoms. The molecule has 2 amide bonds. The lowest BCUT2D eigenvalue weighted by molar-refractivity contribution is -0.122. The maximum atomic E-state index is 12.7. The van der Waals surface area contributed by atoms with Gasteiger partial charge in [0.15, 0.2) is 6.10 Å². The zero-order chi connectivity index (χ0) is 19.4. The van der Waals surface area contributed by atoms with E-state index in [2.05, 4.69) is 5.32 Å². The molecule has 142 valence electrons. The second-order valence-corrected chi connectivity index (χ2v) is 7.21. The fourth-order valence-electron chi connectivity index (χ4n) is 2.92. The summed E-state index contributed by atoms with van der Waals surface area (Å²) in [6.07, 6.45) is 1.21. The number of hydrogen-bond acceptors (Lipinski definition) is 3. The van der Waals surface area contributed by atoms with Crippen molar-refractivity contribution in [3.8, 4) is 5.75 Å². The van der Waals surface area contributed by atoms with Crippen molar-refractivity contribution in [2.24, 2.45) is 0 Å². The molecule has 7 heteroatoms. The van der Waals surface area contributed by atoms with E-state index in [4.69, 9.17) is 27.9 Å². The average Bonchev–Trinajstić information content (AvgIpc) is 3.18. The van der Waals surface area contributed by atoms with Gasteiger partial charge in [-0.3, -0.25) is 9.59 Å². The van der Waals surface area contributed by atoms with Crippen LogP contribution in [0.25, 0.3) is 0 Å². The van der Waals surface area contributed by atoms with E-state index in [9.17, 15) is 9.59 Å². The van der Waals surface area contributed by atoms with Crippen molar-refractivity contribution in [1.82, 2.24) is 4.90 Å². The quantitative estimate of drug-likeness (QED) is 0.786. The number of rotatable bonds is 5. The first-order chi connectivity index (χ1) is 13.0. The fourth-order valence-corrected chi connectivity index (χ4v) is 3.37. The van der Waals surface area contributed by atoms with Crippen LogP contribution in [0.15, 0.2) is 42.5 Å². The summed E-state index contributed by atoms with van der Waals surface area (Å²) >= 11 is 12.0. The maximum Gasteiger partial charge on any atom is 0.265 e. The smallest absolute Gasteiger partial charge is 0.265 e. The lowest BCUT2D eigenvalue weighted by Crippen LogP contribution is -2.32. The first kappa shape index (κ1) is 19.5. The first-order valence-electron chi connectivity index (χ1n) is 8.76. The van der Waals surface area contributed by atoms with Crippen molar-refractivity contribution in [3.63, 3.8) is 0 Å². The summed E-state index contributed by atoms with van der Waals surface area (Å²) in [5.74, 6) is -0.0782. The van der Waals surface area contributed by atoms with Gasteiger partial charge in [-0.2, -0.15) is 0 Å². The van der Waals surface area contributed by atoms with E-state index < -0.39 is 6.10 Å². The Morgan fingerprint density at radius 1 is 1.11 bits per heavy atom. The van der Waals surface area contributed by atoms with E-state index in [1.165, 1.54) is 0 Å². The molecule has 0 bridgehead atoms. The number of carbonyl (C=O) groups excluding carboxylic acids is 2. The molecule has 1 atom stereocenters. The molecule has 1 saturated heterocycles. The van der Waals surface area contributed by atoms with Gasteiger partial charge in [0.25, 0.3) is 11.8 Å². The highest BCUT2D eigenvalue weighted by atomic mass is 35.5. The van der Waals surface area contributed by atoms with Gasteiger partial charge in [0.05, 0.1) is 16.3 Å². The molecule has 0 aromatic heterocycles. The van der Waals surface area contributed by atoms with Gasteiger partial charge < -0.3 is 15.0 Å². The Labute approximate surface area is 168 Å². The Balaban J connectivity index is 1.71. The van der Waals surface area contributed by atoms with Gasteiger partial charge in [-0.25, -0.2) is 0 Å². The molecule has 0 saturated carbocycles. The summed E-state index contributed by atoms with van der Waals surface area (Å²) in [4.78, 5) is 27.1. The normalized spacial score (nSPS) is 14.7. The molecule has 1 heterocycles. The molecule has 0 unspecified atom stereocenters. The van der Waals surface area contributed by atoms with E-state index in [0.29, 0.717) is 27.0 Å². The molecule has 1 fully saturated rings. The van der Waals surface area contributed by atoms with Gasteiger partial charge in [0, 0.05) is 18.1 Å². The Morgan fingerprint density at radius 3 is 2.52 bits per heavy atom. The van der Waals surface area contributed by atoms with E-state index in [1.54, 1.807) is 54.3 Å². The fraction of sp³-hybridized carbons (Fsp3) is 0.300. The van der Waals surface area contributed by atoms with Crippen LogP contribution in [-0.2, 0) is 4.79 Å². The van der Waals surface area contributed by atoms with Gasteiger partial charge in [-0.1, -0.05) is 35.3 Å². The van der Waals surface area contributed by atoms with Gasteiger partial charge in [0.1, 0.15) is 5.75 Å². The molecule has 0 radical (unpaired) electrons. The van der Waals surface area contributed by atoms with Crippen LogP contribution >= 0.6 is 23.2 Å². The van der Waals surface area contributed by atoms with Gasteiger partial charge in [-0.15, -0.1) is 0 Å². The van der Waals surface area contributed by atoms with Crippen molar-refractivity contribution >= 4 is 40.7 Å². The number of halogens is 2. The molecule has 3 rings (SSSR count). The van der Waals surface area contributed by atoms with E-state index >= 15 is 0 Å². The number of nitrogens with zero attached hydrogens (tertiary/aromatic N) is 1. The predicted molar refractivity (Wildman–Crippen MR) is 107 cm³/mol. The summed E-state index contributed by atoms with van der Waals surface area (Å²) < 4.78 is 5.64. The highest BCUT2D eigenvalue weighted by Crippen LogP contribution is 2.28. The minimum absolute atomic E-state index is 0.0716. The number of carbonyl (C=O) groups is 2. The number of para-hydroxylation sites is 1. The second-order valence-electron chi connectivity index (χ2n) is 6.37. The predicted octanol–water partition coefficient (Wildman–Crippen LogP) is 4.64.